The number of β-amino-alcohol motifs (C(OH)–C–C–N with tert-alkyl or cyclic N) is 1. The van der Waals surface area contributed by atoms with E-state index in [9.17, 15) is 4.79 Å². The zero-order valence-electron chi connectivity index (χ0n) is 6.13. The van der Waals surface area contributed by atoms with E-state index >= 15 is 0 Å². The number of halogens is 2. The van der Waals surface area contributed by atoms with Crippen molar-refractivity contribution in [2.24, 2.45) is 0 Å². The first-order valence-electron chi connectivity index (χ1n) is 3.35. The second-order valence-corrected chi connectivity index (χ2v) is 3.07. The molecule has 68 valence electrons. The van der Waals surface area contributed by atoms with Gasteiger partial charge in [-0.05, 0) is 6.08 Å². The highest BCUT2D eigenvalue weighted by Crippen LogP contribution is 2.16. The van der Waals surface area contributed by atoms with Crippen molar-refractivity contribution in [1.82, 2.24) is 10.2 Å². The molecule has 1 atom stereocenters. The lowest BCUT2D eigenvalue weighted by atomic mass is 10.4. The fourth-order valence-electron chi connectivity index (χ4n) is 0.854. The molecule has 1 aliphatic rings. The maximum absolute atomic E-state index is 11.1. The molecule has 0 fully saturated rings. The number of amides is 2. The molecule has 0 saturated carbocycles. The lowest BCUT2D eigenvalue weighted by molar-refractivity contribution is 0.193. The number of hydrogen-bond donors (Lipinski definition) is 2. The quantitative estimate of drug-likeness (QED) is 0.520. The molecule has 0 radical (unpaired) electrons. The summed E-state index contributed by atoms with van der Waals surface area (Å²) in [7, 11) is 0. The summed E-state index contributed by atoms with van der Waals surface area (Å²) in [5.41, 5.74) is -0.569. The van der Waals surface area contributed by atoms with Gasteiger partial charge in [0.15, 0.2) is 0 Å². The number of rotatable bonds is 2. The van der Waals surface area contributed by atoms with Crippen molar-refractivity contribution in [3.63, 3.8) is 0 Å². The molecular formula is C6H8Cl2N2O2. The smallest absolute Gasteiger partial charge is 0.324 e. The van der Waals surface area contributed by atoms with E-state index in [4.69, 9.17) is 28.3 Å². The highest BCUT2D eigenvalue weighted by molar-refractivity contribution is 6.32. The lowest BCUT2D eigenvalue weighted by Crippen LogP contribution is -2.46. The number of alkyl halides is 1. The van der Waals surface area contributed by atoms with Crippen molar-refractivity contribution >= 4 is 29.2 Å². The Balaban J connectivity index is 2.72. The topological polar surface area (TPSA) is 52.6 Å². The van der Waals surface area contributed by atoms with E-state index in [2.05, 4.69) is 5.32 Å². The van der Waals surface area contributed by atoms with Crippen LogP contribution < -0.4 is 5.32 Å². The van der Waals surface area contributed by atoms with Gasteiger partial charge in [0, 0.05) is 0 Å². The van der Waals surface area contributed by atoms with Crippen LogP contribution in [0.1, 0.15) is 0 Å². The minimum atomic E-state index is -0.569. The number of nitrogens with one attached hydrogen (secondary N) is 1. The third kappa shape index (κ3) is 2.03. The first kappa shape index (κ1) is 9.64. The van der Waals surface area contributed by atoms with Crippen molar-refractivity contribution in [3.8, 4) is 0 Å². The van der Waals surface area contributed by atoms with E-state index in [1.54, 1.807) is 0 Å². The molecule has 12 heavy (non-hydrogen) atoms. The standard InChI is InChI=1S/C6H8Cl2N2O2/c7-4-3-5(8)10(1-2-11)6(12)9-4/h3-4,11H,1-2H2,(H,9,12). The Kier molecular flexibility index (Phi) is 3.20. The summed E-state index contributed by atoms with van der Waals surface area (Å²) in [4.78, 5) is 12.3. The number of urea groups is 1. The van der Waals surface area contributed by atoms with Crippen LogP contribution in [0.5, 0.6) is 0 Å². The molecule has 0 saturated heterocycles. The van der Waals surface area contributed by atoms with Gasteiger partial charge in [0.2, 0.25) is 0 Å². The van der Waals surface area contributed by atoms with Crippen LogP contribution in [0.25, 0.3) is 0 Å². The monoisotopic (exact) mass is 210 g/mol. The van der Waals surface area contributed by atoms with Crippen LogP contribution >= 0.6 is 23.2 Å². The number of aliphatic hydroxyl groups is 1. The van der Waals surface area contributed by atoms with Crippen LogP contribution in [-0.4, -0.2) is 34.7 Å². The van der Waals surface area contributed by atoms with Gasteiger partial charge in [-0.3, -0.25) is 4.90 Å². The molecule has 1 unspecified atom stereocenters. The summed E-state index contributed by atoms with van der Waals surface area (Å²) in [6, 6.07) is -0.392. The molecule has 0 bridgehead atoms. The molecule has 1 heterocycles. The number of hydrogen-bond acceptors (Lipinski definition) is 2. The van der Waals surface area contributed by atoms with Gasteiger partial charge in [-0.25, -0.2) is 4.79 Å². The van der Waals surface area contributed by atoms with Crippen LogP contribution in [-0.2, 0) is 0 Å². The van der Waals surface area contributed by atoms with Gasteiger partial charge >= 0.3 is 6.03 Å². The third-order valence-electron chi connectivity index (χ3n) is 1.37. The van der Waals surface area contributed by atoms with Crippen molar-refractivity contribution in [2.45, 2.75) is 5.50 Å². The Morgan fingerprint density at radius 1 is 1.75 bits per heavy atom. The predicted molar refractivity (Wildman–Crippen MR) is 45.9 cm³/mol. The van der Waals surface area contributed by atoms with E-state index in [1.165, 1.54) is 11.0 Å². The van der Waals surface area contributed by atoms with Crippen LogP contribution in [0.3, 0.4) is 0 Å². The van der Waals surface area contributed by atoms with Gasteiger partial charge < -0.3 is 10.4 Å². The molecule has 4 nitrogen and oxygen atoms in total. The Bertz CT molecular complexity index is 220. The summed E-state index contributed by atoms with van der Waals surface area (Å²) < 4.78 is 0. The van der Waals surface area contributed by atoms with E-state index in [0.717, 1.165) is 0 Å². The summed E-state index contributed by atoms with van der Waals surface area (Å²) in [6.07, 6.45) is 1.49. The maximum Gasteiger partial charge on any atom is 0.324 e. The number of carbonyl (C=O) groups excluding carboxylic acids is 1. The zero-order valence-corrected chi connectivity index (χ0v) is 7.64. The second-order valence-electron chi connectivity index (χ2n) is 2.22. The fraction of sp³-hybridized carbons (Fsp3) is 0.500. The molecule has 0 aromatic rings. The minimum absolute atomic E-state index is 0.134. The highest BCUT2D eigenvalue weighted by atomic mass is 35.5. The Hall–Kier alpha value is -0.450. The molecule has 2 amide bonds. The van der Waals surface area contributed by atoms with Crippen molar-refractivity contribution in [1.29, 1.82) is 0 Å². The van der Waals surface area contributed by atoms with Gasteiger partial charge in [-0.15, -0.1) is 0 Å². The molecule has 1 aliphatic heterocycles. The number of nitrogens with zero attached hydrogens (tertiary/aromatic N) is 1. The molecule has 0 aromatic heterocycles. The SMILES string of the molecule is O=C1NC(Cl)C=C(Cl)N1CCO. The predicted octanol–water partition coefficient (Wildman–Crippen LogP) is 0.649. The van der Waals surface area contributed by atoms with Gasteiger partial charge in [0.05, 0.1) is 13.2 Å². The molecular weight excluding hydrogens is 203 g/mol. The van der Waals surface area contributed by atoms with Crippen molar-refractivity contribution in [3.05, 3.63) is 11.2 Å². The maximum atomic E-state index is 11.1. The van der Waals surface area contributed by atoms with E-state index in [0.29, 0.717) is 0 Å². The second kappa shape index (κ2) is 3.98. The molecule has 6 heteroatoms. The van der Waals surface area contributed by atoms with E-state index < -0.39 is 11.5 Å². The lowest BCUT2D eigenvalue weighted by Gasteiger charge is -2.26. The summed E-state index contributed by atoms with van der Waals surface area (Å²) >= 11 is 11.3. The largest absolute Gasteiger partial charge is 0.395 e. The van der Waals surface area contributed by atoms with Gasteiger partial charge in [0.1, 0.15) is 10.7 Å². The Labute approximate surface area is 79.7 Å². The summed E-state index contributed by atoms with van der Waals surface area (Å²) in [5, 5.41) is 11.2. The van der Waals surface area contributed by atoms with Crippen LogP contribution in [0.15, 0.2) is 11.2 Å². The molecule has 0 spiro atoms. The summed E-state index contributed by atoms with van der Waals surface area (Å²) in [6.45, 7) is 0.0369. The highest BCUT2D eigenvalue weighted by Gasteiger charge is 2.23. The van der Waals surface area contributed by atoms with Gasteiger partial charge in [0.25, 0.3) is 0 Å². The Morgan fingerprint density at radius 2 is 2.42 bits per heavy atom. The van der Waals surface area contributed by atoms with Gasteiger partial charge in [-0.1, -0.05) is 23.2 Å². The molecule has 0 aliphatic carbocycles. The van der Waals surface area contributed by atoms with E-state index in [1.807, 2.05) is 0 Å². The third-order valence-corrected chi connectivity index (χ3v) is 1.94. The normalized spacial score (nSPS) is 23.6. The molecule has 0 aromatic carbocycles. The molecule has 2 N–H and O–H groups in total. The summed E-state index contributed by atoms with van der Waals surface area (Å²) in [5.74, 6) is 0. The van der Waals surface area contributed by atoms with Crippen molar-refractivity contribution < 1.29 is 9.90 Å². The van der Waals surface area contributed by atoms with Crippen LogP contribution in [0.2, 0.25) is 0 Å². The van der Waals surface area contributed by atoms with E-state index in [-0.39, 0.29) is 18.3 Å². The fourth-order valence-corrected chi connectivity index (χ4v) is 1.42. The first-order chi connectivity index (χ1) is 5.65. The van der Waals surface area contributed by atoms with Gasteiger partial charge in [-0.2, -0.15) is 0 Å². The molecule has 1 rings (SSSR count). The van der Waals surface area contributed by atoms with Crippen molar-refractivity contribution in [2.75, 3.05) is 13.2 Å². The van der Waals surface area contributed by atoms with Crippen LogP contribution in [0.4, 0.5) is 4.79 Å². The van der Waals surface area contributed by atoms with Crippen LogP contribution in [0, 0.1) is 0 Å². The number of aliphatic hydroxyl groups excluding tert-OH is 1. The minimum Gasteiger partial charge on any atom is -0.395 e. The Morgan fingerprint density at radius 3 is 2.92 bits per heavy atom. The average molecular weight is 211 g/mol. The zero-order chi connectivity index (χ0) is 9.14. The first-order valence-corrected chi connectivity index (χ1v) is 4.17. The number of carbonyl (C=O) groups is 1. The average Bonchev–Trinajstić information content (AvgIpc) is 1.96.